The minimum atomic E-state index is -0.122. The summed E-state index contributed by atoms with van der Waals surface area (Å²) in [4.78, 5) is 15.8. The van der Waals surface area contributed by atoms with E-state index in [0.717, 1.165) is 18.4 Å². The van der Waals surface area contributed by atoms with Crippen molar-refractivity contribution in [1.82, 2.24) is 10.3 Å². The highest BCUT2D eigenvalue weighted by molar-refractivity contribution is 5.78. The van der Waals surface area contributed by atoms with E-state index in [2.05, 4.69) is 24.1 Å². The second-order valence-electron chi connectivity index (χ2n) is 6.05. The van der Waals surface area contributed by atoms with Crippen molar-refractivity contribution in [3.8, 4) is 0 Å². The fourth-order valence-corrected chi connectivity index (χ4v) is 2.45. The van der Waals surface area contributed by atoms with Crippen molar-refractivity contribution < 1.29 is 14.3 Å². The molecule has 1 fully saturated rings. The summed E-state index contributed by atoms with van der Waals surface area (Å²) in [5, 5.41) is 2.95. The first kappa shape index (κ1) is 15.9. The van der Waals surface area contributed by atoms with Gasteiger partial charge in [-0.3, -0.25) is 9.78 Å². The quantitative estimate of drug-likeness (QED) is 0.780. The van der Waals surface area contributed by atoms with Gasteiger partial charge in [-0.05, 0) is 24.5 Å². The Morgan fingerprint density at radius 2 is 2.19 bits per heavy atom. The molecule has 0 aliphatic carbocycles. The number of carbonyl (C=O) groups excluding carboxylic acids is 1. The van der Waals surface area contributed by atoms with Gasteiger partial charge in [0, 0.05) is 24.4 Å². The second-order valence-corrected chi connectivity index (χ2v) is 6.05. The zero-order valence-electron chi connectivity index (χ0n) is 12.8. The molecule has 1 aliphatic heterocycles. The summed E-state index contributed by atoms with van der Waals surface area (Å²) < 4.78 is 11.1. The number of nitrogens with zero attached hydrogens (tertiary/aromatic N) is 1. The van der Waals surface area contributed by atoms with E-state index in [-0.39, 0.29) is 17.6 Å². The molecule has 0 radical (unpaired) electrons. The molecule has 1 aromatic heterocycles. The highest BCUT2D eigenvalue weighted by atomic mass is 16.7. The third-order valence-corrected chi connectivity index (χ3v) is 3.67. The van der Waals surface area contributed by atoms with E-state index in [1.807, 2.05) is 12.1 Å². The fourth-order valence-electron chi connectivity index (χ4n) is 2.45. The number of ether oxygens (including phenoxy) is 2. The predicted octanol–water partition coefficient (Wildman–Crippen LogP) is 1.92. The molecule has 21 heavy (non-hydrogen) atoms. The SMILES string of the molecule is CC(C)(CCCNC(=O)Cc1cccnc1)C1OCCO1. The van der Waals surface area contributed by atoms with E-state index in [4.69, 9.17) is 9.47 Å². The van der Waals surface area contributed by atoms with Crippen LogP contribution in [0, 0.1) is 5.41 Å². The fraction of sp³-hybridized carbons (Fsp3) is 0.625. The van der Waals surface area contributed by atoms with Crippen LogP contribution < -0.4 is 5.32 Å². The number of nitrogens with one attached hydrogen (secondary N) is 1. The van der Waals surface area contributed by atoms with Crippen molar-refractivity contribution in [2.45, 2.75) is 39.4 Å². The highest BCUT2D eigenvalue weighted by Crippen LogP contribution is 2.31. The third-order valence-electron chi connectivity index (χ3n) is 3.67. The Bertz CT molecular complexity index is 442. The van der Waals surface area contributed by atoms with Gasteiger partial charge >= 0.3 is 0 Å². The van der Waals surface area contributed by atoms with Crippen LogP contribution in [0.25, 0.3) is 0 Å². The molecule has 0 saturated carbocycles. The van der Waals surface area contributed by atoms with Gasteiger partial charge in [0.2, 0.25) is 5.91 Å². The molecule has 0 unspecified atom stereocenters. The lowest BCUT2D eigenvalue weighted by molar-refractivity contribution is -0.123. The average Bonchev–Trinajstić information content (AvgIpc) is 3.00. The molecule has 1 amide bonds. The van der Waals surface area contributed by atoms with Gasteiger partial charge in [0.05, 0.1) is 19.6 Å². The van der Waals surface area contributed by atoms with Gasteiger partial charge in [-0.2, -0.15) is 0 Å². The summed E-state index contributed by atoms with van der Waals surface area (Å²) in [6.07, 6.45) is 5.55. The predicted molar refractivity (Wildman–Crippen MR) is 79.7 cm³/mol. The molecule has 116 valence electrons. The maximum Gasteiger partial charge on any atom is 0.224 e. The van der Waals surface area contributed by atoms with E-state index >= 15 is 0 Å². The molecule has 5 heteroatoms. The first-order valence-electron chi connectivity index (χ1n) is 7.47. The summed E-state index contributed by atoms with van der Waals surface area (Å²) in [5.41, 5.74) is 0.910. The van der Waals surface area contributed by atoms with Gasteiger partial charge in [0.1, 0.15) is 0 Å². The van der Waals surface area contributed by atoms with Crippen molar-refractivity contribution in [3.63, 3.8) is 0 Å². The number of rotatable bonds is 7. The molecular formula is C16H24N2O3. The second kappa shape index (κ2) is 7.52. The molecule has 1 saturated heterocycles. The van der Waals surface area contributed by atoms with Crippen LogP contribution in [0.1, 0.15) is 32.3 Å². The molecule has 1 aliphatic rings. The summed E-state index contributed by atoms with van der Waals surface area (Å²) in [6, 6.07) is 3.75. The van der Waals surface area contributed by atoms with E-state index in [9.17, 15) is 4.79 Å². The molecule has 0 spiro atoms. The Kier molecular flexibility index (Phi) is 5.70. The molecule has 2 rings (SSSR count). The van der Waals surface area contributed by atoms with Crippen LogP contribution in [0.5, 0.6) is 0 Å². The molecule has 0 atom stereocenters. The maximum absolute atomic E-state index is 11.8. The van der Waals surface area contributed by atoms with Crippen molar-refractivity contribution >= 4 is 5.91 Å². The zero-order valence-corrected chi connectivity index (χ0v) is 12.8. The average molecular weight is 292 g/mol. The molecule has 2 heterocycles. The smallest absolute Gasteiger partial charge is 0.224 e. The van der Waals surface area contributed by atoms with Gasteiger partial charge in [0.25, 0.3) is 0 Å². The maximum atomic E-state index is 11.8. The molecule has 0 bridgehead atoms. The third kappa shape index (κ3) is 5.10. The van der Waals surface area contributed by atoms with Crippen LogP contribution in [0.2, 0.25) is 0 Å². The van der Waals surface area contributed by atoms with E-state index < -0.39 is 0 Å². The normalized spacial score (nSPS) is 16.1. The Morgan fingerprint density at radius 3 is 2.86 bits per heavy atom. The molecular weight excluding hydrogens is 268 g/mol. The minimum Gasteiger partial charge on any atom is -0.356 e. The number of pyridine rings is 1. The standard InChI is InChI=1S/C16H24N2O3/c1-16(2,15-20-9-10-21-15)6-4-8-18-14(19)11-13-5-3-7-17-12-13/h3,5,7,12,15H,4,6,8-11H2,1-2H3,(H,18,19). The number of hydrogen-bond acceptors (Lipinski definition) is 4. The summed E-state index contributed by atoms with van der Waals surface area (Å²) in [5.74, 6) is 0.0363. The van der Waals surface area contributed by atoms with Crippen LogP contribution in [-0.2, 0) is 20.7 Å². The van der Waals surface area contributed by atoms with Gasteiger partial charge < -0.3 is 14.8 Å². The van der Waals surface area contributed by atoms with Gasteiger partial charge in [-0.1, -0.05) is 19.9 Å². The van der Waals surface area contributed by atoms with Gasteiger partial charge in [-0.25, -0.2) is 0 Å². The first-order valence-corrected chi connectivity index (χ1v) is 7.47. The Morgan fingerprint density at radius 1 is 1.43 bits per heavy atom. The largest absolute Gasteiger partial charge is 0.356 e. The molecule has 0 aromatic carbocycles. The summed E-state index contributed by atoms with van der Waals surface area (Å²) in [6.45, 7) is 6.31. The van der Waals surface area contributed by atoms with Crippen molar-refractivity contribution in [3.05, 3.63) is 30.1 Å². The molecule has 1 aromatic rings. The highest BCUT2D eigenvalue weighted by Gasteiger charge is 2.33. The monoisotopic (exact) mass is 292 g/mol. The van der Waals surface area contributed by atoms with Crippen LogP contribution in [0.3, 0.4) is 0 Å². The lowest BCUT2D eigenvalue weighted by Crippen LogP contribution is -2.32. The van der Waals surface area contributed by atoms with E-state index in [0.29, 0.717) is 26.2 Å². The van der Waals surface area contributed by atoms with E-state index in [1.165, 1.54) is 0 Å². The van der Waals surface area contributed by atoms with Crippen molar-refractivity contribution in [2.24, 2.45) is 5.41 Å². The van der Waals surface area contributed by atoms with Crippen LogP contribution in [0.4, 0.5) is 0 Å². The lowest BCUT2D eigenvalue weighted by Gasteiger charge is -2.29. The van der Waals surface area contributed by atoms with Crippen LogP contribution in [0.15, 0.2) is 24.5 Å². The molecule has 5 nitrogen and oxygen atoms in total. The van der Waals surface area contributed by atoms with Crippen molar-refractivity contribution in [1.29, 1.82) is 0 Å². The Balaban J connectivity index is 1.64. The van der Waals surface area contributed by atoms with Crippen molar-refractivity contribution in [2.75, 3.05) is 19.8 Å². The number of aromatic nitrogens is 1. The van der Waals surface area contributed by atoms with Crippen LogP contribution in [-0.4, -0.2) is 36.9 Å². The Hall–Kier alpha value is -1.46. The number of carbonyl (C=O) groups is 1. The topological polar surface area (TPSA) is 60.5 Å². The minimum absolute atomic E-state index is 0.0232. The van der Waals surface area contributed by atoms with Gasteiger partial charge in [0.15, 0.2) is 6.29 Å². The molecule has 1 N–H and O–H groups in total. The van der Waals surface area contributed by atoms with E-state index in [1.54, 1.807) is 12.4 Å². The number of hydrogen-bond donors (Lipinski definition) is 1. The summed E-state index contributed by atoms with van der Waals surface area (Å²) >= 11 is 0. The first-order chi connectivity index (χ1) is 10.1. The summed E-state index contributed by atoms with van der Waals surface area (Å²) in [7, 11) is 0. The Labute approximate surface area is 126 Å². The zero-order chi connectivity index (χ0) is 15.1. The van der Waals surface area contributed by atoms with Crippen LogP contribution >= 0.6 is 0 Å². The van der Waals surface area contributed by atoms with Gasteiger partial charge in [-0.15, -0.1) is 0 Å². The number of amides is 1. The lowest BCUT2D eigenvalue weighted by atomic mass is 9.87.